The molecular formula is C16H23N5O4S. The molecule has 0 atom stereocenters. The normalized spacial score (nSPS) is 14.8. The Labute approximate surface area is 152 Å². The topological polar surface area (TPSA) is 98.5 Å². The third-order valence-corrected chi connectivity index (χ3v) is 5.75. The third kappa shape index (κ3) is 3.81. The zero-order valence-corrected chi connectivity index (χ0v) is 15.9. The number of benzene rings is 1. The highest BCUT2D eigenvalue weighted by Gasteiger charge is 2.30. The Morgan fingerprint density at radius 3 is 2.46 bits per heavy atom. The van der Waals surface area contributed by atoms with Crippen molar-refractivity contribution in [1.82, 2.24) is 23.4 Å². The molecule has 0 bridgehead atoms. The van der Waals surface area contributed by atoms with Crippen molar-refractivity contribution in [2.24, 2.45) is 0 Å². The predicted octanol–water partition coefficient (Wildman–Crippen LogP) is 0.451. The average molecular weight is 381 g/mol. The van der Waals surface area contributed by atoms with Crippen LogP contribution in [0.15, 0.2) is 29.1 Å². The number of nitrogens with zero attached hydrogens (tertiary/aromatic N) is 4. The Morgan fingerprint density at radius 1 is 1.27 bits per heavy atom. The zero-order valence-electron chi connectivity index (χ0n) is 15.0. The summed E-state index contributed by atoms with van der Waals surface area (Å²) in [5.74, 6) is 1.32. The van der Waals surface area contributed by atoms with Crippen LogP contribution >= 0.6 is 0 Å². The van der Waals surface area contributed by atoms with Gasteiger partial charge in [-0.05, 0) is 37.1 Å². The van der Waals surface area contributed by atoms with Gasteiger partial charge in [0.15, 0.2) is 5.82 Å². The number of hydrogen-bond donors (Lipinski definition) is 1. The summed E-state index contributed by atoms with van der Waals surface area (Å²) in [5.41, 5.74) is 0.602. The SMILES string of the molecule is COc1ccc(-c2nn(CCNS(=O)(=O)N(C)C)c(=O)n2C2CC2)cc1. The number of hydrogen-bond acceptors (Lipinski definition) is 5. The number of nitrogens with one attached hydrogen (secondary N) is 1. The van der Waals surface area contributed by atoms with E-state index in [0.717, 1.165) is 28.5 Å². The molecule has 0 aliphatic heterocycles. The van der Waals surface area contributed by atoms with Gasteiger partial charge in [-0.3, -0.25) is 4.57 Å². The maximum atomic E-state index is 12.7. The summed E-state index contributed by atoms with van der Waals surface area (Å²) in [7, 11) is 0.952. The standard InChI is InChI=1S/C16H23N5O4S/c1-19(2)26(23,24)17-10-11-20-16(22)21(13-6-7-13)15(18-20)12-4-8-14(25-3)9-5-12/h4-5,8-9,13,17H,6-7,10-11H2,1-3H3. The molecule has 3 rings (SSSR count). The first-order chi connectivity index (χ1) is 12.3. The first-order valence-corrected chi connectivity index (χ1v) is 9.78. The van der Waals surface area contributed by atoms with Crippen molar-refractivity contribution >= 4 is 10.2 Å². The van der Waals surface area contributed by atoms with Gasteiger partial charge in [0.05, 0.1) is 13.7 Å². The highest BCUT2D eigenvalue weighted by Crippen LogP contribution is 2.36. The lowest BCUT2D eigenvalue weighted by Crippen LogP contribution is -2.38. The van der Waals surface area contributed by atoms with Gasteiger partial charge in [-0.15, -0.1) is 5.10 Å². The van der Waals surface area contributed by atoms with Gasteiger partial charge in [-0.2, -0.15) is 12.7 Å². The molecular weight excluding hydrogens is 358 g/mol. The van der Waals surface area contributed by atoms with Gasteiger partial charge >= 0.3 is 5.69 Å². The van der Waals surface area contributed by atoms with Crippen molar-refractivity contribution in [3.63, 3.8) is 0 Å². The van der Waals surface area contributed by atoms with Crippen LogP contribution in [0, 0.1) is 0 Å². The van der Waals surface area contributed by atoms with E-state index in [9.17, 15) is 13.2 Å². The first kappa shape index (κ1) is 18.6. The van der Waals surface area contributed by atoms with E-state index in [0.29, 0.717) is 5.82 Å². The molecule has 1 fully saturated rings. The molecule has 1 N–H and O–H groups in total. The van der Waals surface area contributed by atoms with Crippen LogP contribution in [0.4, 0.5) is 0 Å². The molecule has 0 unspecified atom stereocenters. The van der Waals surface area contributed by atoms with Crippen LogP contribution in [0.3, 0.4) is 0 Å². The van der Waals surface area contributed by atoms with E-state index in [1.165, 1.54) is 18.8 Å². The molecule has 1 aliphatic rings. The van der Waals surface area contributed by atoms with E-state index < -0.39 is 10.2 Å². The van der Waals surface area contributed by atoms with Gasteiger partial charge in [-0.25, -0.2) is 14.2 Å². The van der Waals surface area contributed by atoms with Crippen molar-refractivity contribution in [3.05, 3.63) is 34.7 Å². The maximum Gasteiger partial charge on any atom is 0.346 e. The lowest BCUT2D eigenvalue weighted by atomic mass is 10.2. The average Bonchev–Trinajstić information content (AvgIpc) is 3.39. The molecule has 26 heavy (non-hydrogen) atoms. The molecule has 10 heteroatoms. The van der Waals surface area contributed by atoms with E-state index in [-0.39, 0.29) is 24.8 Å². The Kier molecular flexibility index (Phi) is 5.17. The molecule has 1 heterocycles. The van der Waals surface area contributed by atoms with Crippen LogP contribution in [0.25, 0.3) is 11.4 Å². The molecule has 2 aromatic rings. The molecule has 142 valence electrons. The summed E-state index contributed by atoms with van der Waals surface area (Å²) >= 11 is 0. The summed E-state index contributed by atoms with van der Waals surface area (Å²) in [6.07, 6.45) is 1.89. The largest absolute Gasteiger partial charge is 0.497 e. The lowest BCUT2D eigenvalue weighted by Gasteiger charge is -2.11. The fourth-order valence-corrected chi connectivity index (χ4v) is 3.18. The van der Waals surface area contributed by atoms with Crippen molar-refractivity contribution in [2.45, 2.75) is 25.4 Å². The quantitative estimate of drug-likeness (QED) is 0.716. The van der Waals surface area contributed by atoms with Gasteiger partial charge in [0, 0.05) is 32.2 Å². The fourth-order valence-electron chi connectivity index (χ4n) is 2.57. The maximum absolute atomic E-state index is 12.7. The van der Waals surface area contributed by atoms with Crippen LogP contribution in [-0.4, -0.2) is 54.8 Å². The summed E-state index contributed by atoms with van der Waals surface area (Å²) in [6.45, 7) is 0.249. The molecule has 1 aromatic heterocycles. The first-order valence-electron chi connectivity index (χ1n) is 8.34. The predicted molar refractivity (Wildman–Crippen MR) is 97.4 cm³/mol. The number of rotatable bonds is 8. The minimum absolute atomic E-state index is 0.0875. The van der Waals surface area contributed by atoms with Gasteiger partial charge < -0.3 is 4.74 Å². The summed E-state index contributed by atoms with van der Waals surface area (Å²) < 4.78 is 35.2. The van der Waals surface area contributed by atoms with Gasteiger partial charge in [0.25, 0.3) is 10.2 Å². The van der Waals surface area contributed by atoms with Gasteiger partial charge in [-0.1, -0.05) is 0 Å². The molecule has 0 amide bonds. The second kappa shape index (κ2) is 7.22. The van der Waals surface area contributed by atoms with E-state index in [4.69, 9.17) is 4.74 Å². The monoisotopic (exact) mass is 381 g/mol. The molecule has 1 aliphatic carbocycles. The molecule has 0 saturated heterocycles. The molecule has 1 saturated carbocycles. The second-order valence-electron chi connectivity index (χ2n) is 6.34. The van der Waals surface area contributed by atoms with E-state index >= 15 is 0 Å². The Hall–Kier alpha value is -2.17. The third-order valence-electron chi connectivity index (χ3n) is 4.22. The summed E-state index contributed by atoms with van der Waals surface area (Å²) in [4.78, 5) is 12.7. The molecule has 1 aromatic carbocycles. The van der Waals surface area contributed by atoms with Crippen LogP contribution < -0.4 is 15.1 Å². The molecule has 0 spiro atoms. The second-order valence-corrected chi connectivity index (χ2v) is 8.31. The Balaban J connectivity index is 1.85. The van der Waals surface area contributed by atoms with Gasteiger partial charge in [0.2, 0.25) is 0 Å². The van der Waals surface area contributed by atoms with Crippen LogP contribution in [0.2, 0.25) is 0 Å². The highest BCUT2D eigenvalue weighted by atomic mass is 32.2. The fraction of sp³-hybridized carbons (Fsp3) is 0.500. The number of ether oxygens (including phenoxy) is 1. The van der Waals surface area contributed by atoms with Crippen molar-refractivity contribution in [1.29, 1.82) is 0 Å². The van der Waals surface area contributed by atoms with Crippen molar-refractivity contribution < 1.29 is 13.2 Å². The Morgan fingerprint density at radius 2 is 1.92 bits per heavy atom. The highest BCUT2D eigenvalue weighted by molar-refractivity contribution is 7.87. The van der Waals surface area contributed by atoms with Crippen molar-refractivity contribution in [3.8, 4) is 17.1 Å². The zero-order chi connectivity index (χ0) is 18.9. The van der Waals surface area contributed by atoms with Gasteiger partial charge in [0.1, 0.15) is 5.75 Å². The minimum Gasteiger partial charge on any atom is -0.497 e. The molecule has 0 radical (unpaired) electrons. The number of methoxy groups -OCH3 is 1. The lowest BCUT2D eigenvalue weighted by molar-refractivity contribution is 0.415. The van der Waals surface area contributed by atoms with Crippen LogP contribution in [0.1, 0.15) is 18.9 Å². The molecule has 9 nitrogen and oxygen atoms in total. The summed E-state index contributed by atoms with van der Waals surface area (Å²) in [5, 5.41) is 4.44. The van der Waals surface area contributed by atoms with Crippen molar-refractivity contribution in [2.75, 3.05) is 27.7 Å². The Bertz CT molecular complexity index is 927. The minimum atomic E-state index is -3.53. The van der Waals surface area contributed by atoms with E-state index in [2.05, 4.69) is 9.82 Å². The van der Waals surface area contributed by atoms with E-state index in [1.807, 2.05) is 24.3 Å². The smallest absolute Gasteiger partial charge is 0.346 e. The van der Waals surface area contributed by atoms with Crippen LogP contribution in [-0.2, 0) is 16.8 Å². The number of aromatic nitrogens is 3. The van der Waals surface area contributed by atoms with Crippen LogP contribution in [0.5, 0.6) is 5.75 Å². The summed E-state index contributed by atoms with van der Waals surface area (Å²) in [6, 6.07) is 7.52. The van der Waals surface area contributed by atoms with E-state index in [1.54, 1.807) is 11.7 Å².